The van der Waals surface area contributed by atoms with Crippen LogP contribution in [0.25, 0.3) is 27.0 Å². The first-order valence-corrected chi connectivity index (χ1v) is 14.8. The van der Waals surface area contributed by atoms with Gasteiger partial charge in [-0.05, 0) is 32.0 Å². The van der Waals surface area contributed by atoms with Crippen molar-refractivity contribution in [1.29, 1.82) is 0 Å². The molecule has 0 spiro atoms. The van der Waals surface area contributed by atoms with Gasteiger partial charge in [0.15, 0.2) is 17.5 Å². The highest BCUT2D eigenvalue weighted by Gasteiger charge is 2.51. The van der Waals surface area contributed by atoms with E-state index in [0.29, 0.717) is 4.70 Å². The van der Waals surface area contributed by atoms with Crippen molar-refractivity contribution in [2.45, 2.75) is 56.6 Å². The second-order valence-electron chi connectivity index (χ2n) is 10.6. The Labute approximate surface area is 264 Å². The molecule has 0 aliphatic carbocycles. The third kappa shape index (κ3) is 5.43. The molecule has 0 radical (unpaired) electrons. The van der Waals surface area contributed by atoms with Crippen molar-refractivity contribution < 1.29 is 46.0 Å². The van der Waals surface area contributed by atoms with E-state index >= 15 is 4.39 Å². The second kappa shape index (κ2) is 11.9. The van der Waals surface area contributed by atoms with E-state index in [1.54, 1.807) is 0 Å². The summed E-state index contributed by atoms with van der Waals surface area (Å²) in [6.07, 6.45) is -9.35. The van der Waals surface area contributed by atoms with Crippen LogP contribution in [-0.2, 0) is 15.7 Å². The quantitative estimate of drug-likeness (QED) is 0.222. The molecule has 6 atom stereocenters. The zero-order chi connectivity index (χ0) is 33.2. The summed E-state index contributed by atoms with van der Waals surface area (Å²) in [5.41, 5.74) is -0.884. The standard InChI is InChI=1S/C28H23ClF6N6O4S/c1-10(42)24-25(44-3)22(40-8-12(7-37-40)13-4-18-21(36-9-46-18)20(32)19(13)31)23(43)26(45-24)27-38-11(2)39-41(27)17-6-15(29)16(30)5-14(17)28(33,34)35/h4-10,22-26,42-43H,1-3H3/t10?,22?,23-,24?,25+,26+/m0/s1. The van der Waals surface area contributed by atoms with Gasteiger partial charge in [0.25, 0.3) is 0 Å². The lowest BCUT2D eigenvalue weighted by Crippen LogP contribution is -2.56. The molecule has 1 saturated heterocycles. The molecule has 10 nitrogen and oxygen atoms in total. The van der Waals surface area contributed by atoms with E-state index in [4.69, 9.17) is 21.1 Å². The molecular weight excluding hydrogens is 666 g/mol. The van der Waals surface area contributed by atoms with Gasteiger partial charge in [-0.3, -0.25) is 4.68 Å². The van der Waals surface area contributed by atoms with E-state index in [-0.39, 0.29) is 34.4 Å². The number of rotatable bonds is 6. The van der Waals surface area contributed by atoms with E-state index in [9.17, 15) is 32.2 Å². The molecule has 0 amide bonds. The van der Waals surface area contributed by atoms with Crippen molar-refractivity contribution in [3.63, 3.8) is 0 Å². The van der Waals surface area contributed by atoms with Crippen molar-refractivity contribution in [3.8, 4) is 16.8 Å². The summed E-state index contributed by atoms with van der Waals surface area (Å²) in [7, 11) is 1.28. The van der Waals surface area contributed by atoms with Gasteiger partial charge in [0, 0.05) is 24.4 Å². The first-order valence-electron chi connectivity index (χ1n) is 13.5. The number of fused-ring (bicyclic) bond motifs is 1. The number of alkyl halides is 3. The monoisotopic (exact) mass is 688 g/mol. The number of hydrogen-bond donors (Lipinski definition) is 2. The Bertz CT molecular complexity index is 1930. The van der Waals surface area contributed by atoms with Crippen molar-refractivity contribution in [2.24, 2.45) is 0 Å². The van der Waals surface area contributed by atoms with E-state index < -0.39 is 76.5 Å². The van der Waals surface area contributed by atoms with Crippen LogP contribution >= 0.6 is 22.9 Å². The van der Waals surface area contributed by atoms with E-state index in [2.05, 4.69) is 20.2 Å². The van der Waals surface area contributed by atoms with Crippen LogP contribution < -0.4 is 0 Å². The lowest BCUT2D eigenvalue weighted by Gasteiger charge is -2.45. The smallest absolute Gasteiger partial charge is 0.391 e. The number of aromatic nitrogens is 6. The van der Waals surface area contributed by atoms with Crippen LogP contribution in [0.15, 0.2) is 36.1 Å². The number of aliphatic hydroxyl groups is 2. The Hall–Kier alpha value is -3.61. The Balaban J connectivity index is 1.47. The summed E-state index contributed by atoms with van der Waals surface area (Å²) in [6.45, 7) is 2.75. The Morgan fingerprint density at radius 3 is 2.57 bits per heavy atom. The van der Waals surface area contributed by atoms with Crippen LogP contribution in [0, 0.1) is 24.4 Å². The van der Waals surface area contributed by atoms with Gasteiger partial charge < -0.3 is 19.7 Å². The average molecular weight is 689 g/mol. The number of nitrogens with zero attached hydrogens (tertiary/aromatic N) is 6. The Morgan fingerprint density at radius 1 is 1.15 bits per heavy atom. The molecule has 1 aliphatic heterocycles. The van der Waals surface area contributed by atoms with Crippen LogP contribution in [-0.4, -0.2) is 71.3 Å². The molecule has 244 valence electrons. The molecule has 4 heterocycles. The number of hydrogen-bond acceptors (Lipinski definition) is 9. The number of methoxy groups -OCH3 is 1. The third-order valence-electron chi connectivity index (χ3n) is 7.66. The lowest BCUT2D eigenvalue weighted by molar-refractivity contribution is -0.230. The fourth-order valence-electron chi connectivity index (χ4n) is 5.60. The van der Waals surface area contributed by atoms with Crippen LogP contribution in [0.5, 0.6) is 0 Å². The predicted octanol–water partition coefficient (Wildman–Crippen LogP) is 5.58. The molecule has 1 aliphatic rings. The van der Waals surface area contributed by atoms with Gasteiger partial charge in [-0.25, -0.2) is 27.8 Å². The van der Waals surface area contributed by atoms with Crippen molar-refractivity contribution in [1.82, 2.24) is 29.5 Å². The molecule has 46 heavy (non-hydrogen) atoms. The molecule has 0 saturated carbocycles. The van der Waals surface area contributed by atoms with Gasteiger partial charge >= 0.3 is 6.18 Å². The molecule has 0 bridgehead atoms. The van der Waals surface area contributed by atoms with Crippen LogP contribution in [0.2, 0.25) is 5.02 Å². The highest BCUT2D eigenvalue weighted by molar-refractivity contribution is 7.16. The SMILES string of the molecule is CO[C@H]1C(C(C)O)O[C@@H](c2nc(C)nn2-c2cc(Cl)c(F)cc2C(F)(F)F)[C@@H](O)C1n1cc(-c2cc3scnc3c(F)c2F)cn1. The number of halogens is 7. The minimum atomic E-state index is -5.04. The highest BCUT2D eigenvalue weighted by Crippen LogP contribution is 2.43. The van der Waals surface area contributed by atoms with E-state index in [0.717, 1.165) is 22.1 Å². The molecule has 2 aromatic carbocycles. The molecule has 18 heteroatoms. The molecule has 1 fully saturated rings. The lowest BCUT2D eigenvalue weighted by atomic mass is 9.89. The van der Waals surface area contributed by atoms with Gasteiger partial charge in [-0.1, -0.05) is 11.6 Å². The maximum atomic E-state index is 15.1. The Morgan fingerprint density at radius 2 is 1.89 bits per heavy atom. The maximum absolute atomic E-state index is 15.1. The first kappa shape index (κ1) is 32.3. The number of ether oxygens (including phenoxy) is 2. The topological polar surface area (TPSA) is 120 Å². The molecule has 5 aromatic rings. The van der Waals surface area contributed by atoms with Gasteiger partial charge in [0.2, 0.25) is 0 Å². The zero-order valence-electron chi connectivity index (χ0n) is 23.9. The van der Waals surface area contributed by atoms with Crippen molar-refractivity contribution >= 4 is 33.2 Å². The van der Waals surface area contributed by atoms with E-state index in [1.807, 2.05) is 0 Å². The largest absolute Gasteiger partial charge is 0.418 e. The summed E-state index contributed by atoms with van der Waals surface area (Å²) < 4.78 is 100. The first-order chi connectivity index (χ1) is 21.7. The summed E-state index contributed by atoms with van der Waals surface area (Å²) in [5, 5.41) is 30.1. The van der Waals surface area contributed by atoms with Crippen molar-refractivity contribution in [2.75, 3.05) is 7.11 Å². The van der Waals surface area contributed by atoms with Gasteiger partial charge in [-0.2, -0.15) is 23.4 Å². The molecule has 3 unspecified atom stereocenters. The molecule has 6 rings (SSSR count). The predicted molar refractivity (Wildman–Crippen MR) is 152 cm³/mol. The summed E-state index contributed by atoms with van der Waals surface area (Å²) in [6, 6.07) is 1.12. The highest BCUT2D eigenvalue weighted by atomic mass is 35.5. The summed E-state index contributed by atoms with van der Waals surface area (Å²) >= 11 is 6.97. The number of aryl methyl sites for hydroxylation is 1. The Kier molecular flexibility index (Phi) is 8.35. The summed E-state index contributed by atoms with van der Waals surface area (Å²) in [4.78, 5) is 8.06. The van der Waals surface area contributed by atoms with Crippen molar-refractivity contribution in [3.05, 3.63) is 75.8 Å². The average Bonchev–Trinajstić information content (AvgIpc) is 3.75. The zero-order valence-corrected chi connectivity index (χ0v) is 25.4. The fraction of sp³-hybridized carbons (Fsp3) is 0.357. The van der Waals surface area contributed by atoms with Gasteiger partial charge in [0.05, 0.1) is 38.8 Å². The molecular formula is C28H23ClF6N6O4S. The minimum Gasteiger partial charge on any atom is -0.391 e. The van der Waals surface area contributed by atoms with Crippen LogP contribution in [0.1, 0.15) is 36.3 Å². The summed E-state index contributed by atoms with van der Waals surface area (Å²) in [5.74, 6) is -4.00. The van der Waals surface area contributed by atoms with Gasteiger partial charge in [0.1, 0.15) is 47.6 Å². The van der Waals surface area contributed by atoms with Crippen LogP contribution in [0.4, 0.5) is 26.3 Å². The third-order valence-corrected chi connectivity index (χ3v) is 8.73. The minimum absolute atomic E-state index is 0.0317. The van der Waals surface area contributed by atoms with E-state index in [1.165, 1.54) is 49.6 Å². The number of thiazole rings is 1. The fourth-order valence-corrected chi connectivity index (χ4v) is 6.47. The number of benzene rings is 2. The molecule has 3 aromatic heterocycles. The normalized spacial score (nSPS) is 22.9. The second-order valence-corrected chi connectivity index (χ2v) is 11.9. The maximum Gasteiger partial charge on any atom is 0.418 e. The van der Waals surface area contributed by atoms with Crippen LogP contribution in [0.3, 0.4) is 0 Å². The molecule has 2 N–H and O–H groups in total. The number of aliphatic hydroxyl groups excluding tert-OH is 2. The van der Waals surface area contributed by atoms with Gasteiger partial charge in [-0.15, -0.1) is 11.3 Å².